The van der Waals surface area contributed by atoms with E-state index in [1.54, 1.807) is 41.5 Å². The molecule has 0 radical (unpaired) electrons. The van der Waals surface area contributed by atoms with Gasteiger partial charge in [-0.25, -0.2) is 0 Å². The lowest BCUT2D eigenvalue weighted by molar-refractivity contribution is 0.0951. The van der Waals surface area contributed by atoms with E-state index >= 15 is 0 Å². The van der Waals surface area contributed by atoms with Crippen molar-refractivity contribution < 1.29 is 45.8 Å². The van der Waals surface area contributed by atoms with Crippen molar-refractivity contribution in [2.45, 2.75) is 47.0 Å². The lowest BCUT2D eigenvalue weighted by Crippen LogP contribution is -2.49. The number of benzene rings is 8. The molecule has 10 aromatic rings. The summed E-state index contributed by atoms with van der Waals surface area (Å²) < 4.78 is 262. The Labute approximate surface area is 377 Å². The van der Waals surface area contributed by atoms with Crippen molar-refractivity contribution in [3.05, 3.63) is 174 Å². The Morgan fingerprint density at radius 3 is 1.67 bits per heavy atom. The SMILES string of the molecule is [2H]c1c([2H])c([2H])c(-c2c([2H])c3c(oc4c([2H])c(N(c5c([2H])c([2H])c6c(c5[2H])C(C(C)(C)C)(C(C)(C)C)c5c([2H])c([2H])c([2H])c([2H])c5-6)c5c([2H])c([2H])c6c(oc7c([2H])c([2H])c([2H])c([2H])c76)c5[2H])c([2H])c([2H])c43)c3c([2H])c([2H])c([2H])c([2H])c23)c([2H])c1[2H]. The van der Waals surface area contributed by atoms with Crippen molar-refractivity contribution >= 4 is 71.7 Å². The average Bonchev–Trinajstić information content (AvgIpc) is 1.55. The van der Waals surface area contributed by atoms with Gasteiger partial charge < -0.3 is 13.7 Å². The Balaban J connectivity index is 1.39. The van der Waals surface area contributed by atoms with Gasteiger partial charge in [-0.2, -0.15) is 0 Å². The molecule has 2 aromatic heterocycles. The maximum Gasteiger partial charge on any atom is 0.143 e. The van der Waals surface area contributed by atoms with Crippen LogP contribution in [0.4, 0.5) is 17.1 Å². The zero-order valence-electron chi connectivity index (χ0n) is 58.8. The molecule has 0 spiro atoms. The average molecular weight is 779 g/mol. The first-order chi connectivity index (χ1) is 39.3. The minimum absolute atomic E-state index is 0.0306. The molecule has 282 valence electrons. The Morgan fingerprint density at radius 2 is 0.948 bits per heavy atom. The monoisotopic (exact) mass is 779 g/mol. The minimum atomic E-state index is -1.75. The van der Waals surface area contributed by atoms with Crippen LogP contribution < -0.4 is 4.90 Å². The summed E-state index contributed by atoms with van der Waals surface area (Å²) in [4.78, 5) is 0.654. The van der Waals surface area contributed by atoms with Crippen LogP contribution in [0.25, 0.3) is 76.9 Å². The maximum atomic E-state index is 10.6. The molecule has 0 atom stereocenters. The fraction of sp³-hybridized carbons (Fsp3) is 0.164. The fourth-order valence-corrected chi connectivity index (χ4v) is 8.97. The summed E-state index contributed by atoms with van der Waals surface area (Å²) in [6.45, 7) is 10.4. The molecule has 3 heteroatoms. The molecule has 0 bridgehead atoms. The Bertz CT molecular complexity index is 4790. The van der Waals surface area contributed by atoms with Crippen LogP contribution in [0.3, 0.4) is 0 Å². The van der Waals surface area contributed by atoms with Crippen molar-refractivity contribution in [2.75, 3.05) is 4.90 Å². The number of anilines is 3. The predicted molar refractivity (Wildman–Crippen MR) is 244 cm³/mol. The Morgan fingerprint density at radius 1 is 0.414 bits per heavy atom. The number of fused-ring (bicyclic) bond motifs is 11. The third-order valence-corrected chi connectivity index (χ3v) is 10.9. The molecule has 11 rings (SSSR count). The van der Waals surface area contributed by atoms with E-state index in [1.165, 1.54) is 0 Å². The quantitative estimate of drug-likeness (QED) is 0.178. The van der Waals surface area contributed by atoms with Gasteiger partial charge in [-0.1, -0.05) is 144 Å². The van der Waals surface area contributed by atoms with Crippen LogP contribution in [0.1, 0.15) is 89.7 Å². The van der Waals surface area contributed by atoms with E-state index in [4.69, 9.17) is 28.0 Å². The normalized spacial score (nSPS) is 20.3. The molecule has 1 aliphatic carbocycles. The zero-order valence-corrected chi connectivity index (χ0v) is 31.8. The second-order valence-electron chi connectivity index (χ2n) is 16.0. The highest BCUT2D eigenvalue weighted by molar-refractivity contribution is 6.19. The van der Waals surface area contributed by atoms with Crippen LogP contribution in [-0.2, 0) is 5.41 Å². The molecule has 0 unspecified atom stereocenters. The van der Waals surface area contributed by atoms with Gasteiger partial charge in [0.2, 0.25) is 0 Å². The van der Waals surface area contributed by atoms with Crippen LogP contribution in [-0.4, -0.2) is 0 Å². The summed E-state index contributed by atoms with van der Waals surface area (Å²) in [6.07, 6.45) is 0. The molecule has 0 aliphatic heterocycles. The first kappa shape index (κ1) is 16.7. The highest BCUT2D eigenvalue weighted by Crippen LogP contribution is 2.65. The van der Waals surface area contributed by atoms with Gasteiger partial charge in [0.15, 0.2) is 0 Å². The van der Waals surface area contributed by atoms with E-state index < -0.39 is 262 Å². The van der Waals surface area contributed by atoms with E-state index in [1.807, 2.05) is 0 Å². The van der Waals surface area contributed by atoms with Gasteiger partial charge in [0.25, 0.3) is 0 Å². The van der Waals surface area contributed by atoms with Gasteiger partial charge >= 0.3 is 0 Å². The number of hydrogen-bond donors (Lipinski definition) is 0. The van der Waals surface area contributed by atoms with Crippen LogP contribution in [0, 0.1) is 10.8 Å². The summed E-state index contributed by atoms with van der Waals surface area (Å²) in [5.41, 5.74) is -11.4. The number of para-hydroxylation sites is 1. The maximum absolute atomic E-state index is 10.6. The molecule has 1 aliphatic rings. The van der Waals surface area contributed by atoms with E-state index in [-0.39, 0.29) is 22.3 Å². The van der Waals surface area contributed by atoms with E-state index in [2.05, 4.69) is 0 Å². The van der Waals surface area contributed by atoms with E-state index in [9.17, 15) is 17.8 Å². The summed E-state index contributed by atoms with van der Waals surface area (Å²) in [6, 6.07) is -22.6. The summed E-state index contributed by atoms with van der Waals surface area (Å²) in [5, 5.41) is -3.15. The van der Waals surface area contributed by atoms with Crippen LogP contribution in [0.15, 0.2) is 172 Å². The van der Waals surface area contributed by atoms with Gasteiger partial charge in [-0.3, -0.25) is 0 Å². The lowest BCUT2D eigenvalue weighted by atomic mass is 9.50. The summed E-state index contributed by atoms with van der Waals surface area (Å²) in [7, 11) is 0. The fourth-order valence-electron chi connectivity index (χ4n) is 8.97. The molecule has 8 aromatic carbocycles. The standard InChI is InChI=1S/C55H45NO2/c1-53(2,3)55(54(4,5)6)47-22-14-12-19-39(47)40-27-24-35(30-48(40)55)56(36-25-28-42-41-20-13-15-23-49(41)57-50(42)31-36)37-26-29-43-46-33-45(34-16-8-7-9-17-34)38-18-10-11-21-44(38)52(46)58-51(43)32-37/h7-33H,1-6H3/i7D,8D,9D,10D,11D,12D,13D,14D,15D,16D,17D,18D,19D,20D,21D,22D,23D,24D,25D,26D,27D,28D,29D,30D,31D,32D,33D. The molecule has 0 amide bonds. The molecule has 0 saturated heterocycles. The first-order valence-corrected chi connectivity index (χ1v) is 18.2. The van der Waals surface area contributed by atoms with Crippen molar-refractivity contribution in [3.8, 4) is 22.3 Å². The van der Waals surface area contributed by atoms with Crippen molar-refractivity contribution in [1.82, 2.24) is 0 Å². The van der Waals surface area contributed by atoms with Crippen molar-refractivity contribution in [3.63, 3.8) is 0 Å². The molecule has 58 heavy (non-hydrogen) atoms. The smallest absolute Gasteiger partial charge is 0.143 e. The summed E-state index contributed by atoms with van der Waals surface area (Å²) in [5.74, 6) is 0. The summed E-state index contributed by atoms with van der Waals surface area (Å²) >= 11 is 0. The minimum Gasteiger partial charge on any atom is -0.456 e. The molecule has 3 nitrogen and oxygen atoms in total. The first-order valence-electron chi connectivity index (χ1n) is 31.7. The Hall–Kier alpha value is -6.58. The number of nitrogens with zero attached hydrogens (tertiary/aromatic N) is 1. The predicted octanol–water partition coefficient (Wildman–Crippen LogP) is 16.1. The highest BCUT2D eigenvalue weighted by Gasteiger charge is 2.57. The topological polar surface area (TPSA) is 29.5 Å². The molecular weight excluding hydrogens is 707 g/mol. The van der Waals surface area contributed by atoms with Gasteiger partial charge in [0.1, 0.15) is 22.3 Å². The van der Waals surface area contributed by atoms with E-state index in [0.717, 1.165) is 0 Å². The third kappa shape index (κ3) is 4.80. The molecule has 0 N–H and O–H groups in total. The third-order valence-electron chi connectivity index (χ3n) is 10.9. The molecule has 2 heterocycles. The molecular formula is C55H45NO2. The second-order valence-corrected chi connectivity index (χ2v) is 16.0. The van der Waals surface area contributed by atoms with Crippen LogP contribution >= 0.6 is 0 Å². The molecule has 0 fully saturated rings. The largest absolute Gasteiger partial charge is 0.456 e. The zero-order chi connectivity index (χ0) is 63.0. The van der Waals surface area contributed by atoms with Crippen LogP contribution in [0.5, 0.6) is 0 Å². The van der Waals surface area contributed by atoms with Gasteiger partial charge in [-0.15, -0.1) is 0 Å². The highest BCUT2D eigenvalue weighted by atomic mass is 16.3. The number of furan rings is 2. The van der Waals surface area contributed by atoms with Crippen molar-refractivity contribution in [1.29, 1.82) is 0 Å². The Kier molecular flexibility index (Phi) is 3.52. The van der Waals surface area contributed by atoms with E-state index in [0.29, 0.717) is 4.90 Å². The lowest BCUT2D eigenvalue weighted by Gasteiger charge is -2.53. The van der Waals surface area contributed by atoms with Gasteiger partial charge in [0, 0.05) is 61.5 Å². The number of rotatable bonds is 4. The molecule has 0 saturated carbocycles. The van der Waals surface area contributed by atoms with Gasteiger partial charge in [0.05, 0.1) is 37.0 Å². The number of hydrogen-bond acceptors (Lipinski definition) is 3. The van der Waals surface area contributed by atoms with Crippen molar-refractivity contribution in [2.24, 2.45) is 10.8 Å². The van der Waals surface area contributed by atoms with Gasteiger partial charge in [-0.05, 0) is 97.9 Å². The van der Waals surface area contributed by atoms with Crippen LogP contribution in [0.2, 0.25) is 0 Å². The second kappa shape index (κ2) is 12.2.